The van der Waals surface area contributed by atoms with Gasteiger partial charge in [-0.15, -0.1) is 13.9 Å². The number of anilines is 2. The quantitative estimate of drug-likeness (QED) is 0.0206. The lowest BCUT2D eigenvalue weighted by molar-refractivity contribution is -0.286. The third-order valence-electron chi connectivity index (χ3n) is 13.7. The summed E-state index contributed by atoms with van der Waals surface area (Å²) in [6.45, 7) is 10.1. The van der Waals surface area contributed by atoms with Crippen molar-refractivity contribution in [2.24, 2.45) is 11.7 Å². The minimum absolute atomic E-state index is 0.0141. The van der Waals surface area contributed by atoms with Crippen LogP contribution in [-0.4, -0.2) is 134 Å². The molecule has 3 aromatic heterocycles. The van der Waals surface area contributed by atoms with Gasteiger partial charge in [0.05, 0.1) is 62.2 Å². The number of ether oxygens (including phenoxy) is 3. The number of carbonyl (C=O) groups is 2. The third-order valence-corrected chi connectivity index (χ3v) is 14.8. The molecule has 75 heavy (non-hydrogen) atoms. The number of fused-ring (bicyclic) bond motifs is 3. The molecule has 22 heteroatoms. The zero-order chi connectivity index (χ0) is 52.9. The van der Waals surface area contributed by atoms with Crippen molar-refractivity contribution in [3.05, 3.63) is 88.9 Å². The van der Waals surface area contributed by atoms with Gasteiger partial charge in [-0.05, 0) is 92.7 Å². The SMILES string of the molecule is CCCSc1nc(NCCN)c2nnn(Cc3ccc(C#CCNC(=O)C4CCN(CCOCC(C)(C)c5cc6cc(NC(=O)C7(c8ccc9c(c8)OC(F)(F)O9)CC7)c(F)cc6n5C[C@@H](O)CO)CC4)cc3)c2n1. The van der Waals surface area contributed by atoms with Crippen LogP contribution in [0.25, 0.3) is 22.1 Å². The number of amides is 2. The molecule has 18 nitrogen and oxygen atoms in total. The number of alkyl halides is 2. The van der Waals surface area contributed by atoms with E-state index in [0.29, 0.717) is 97.1 Å². The van der Waals surface area contributed by atoms with Crippen molar-refractivity contribution in [3.63, 3.8) is 0 Å². The largest absolute Gasteiger partial charge is 0.586 e. The summed E-state index contributed by atoms with van der Waals surface area (Å²) >= 11 is 1.59. The van der Waals surface area contributed by atoms with Gasteiger partial charge in [-0.1, -0.05) is 67.8 Å². The van der Waals surface area contributed by atoms with Crippen molar-refractivity contribution in [2.45, 2.75) is 94.3 Å². The first-order chi connectivity index (χ1) is 36.1. The zero-order valence-corrected chi connectivity index (χ0v) is 43.0. The molecule has 7 N–H and O–H groups in total. The zero-order valence-electron chi connectivity index (χ0n) is 42.1. The minimum atomic E-state index is -3.80. The van der Waals surface area contributed by atoms with Crippen molar-refractivity contribution in [3.8, 4) is 23.3 Å². The Morgan fingerprint density at radius 2 is 1.83 bits per heavy atom. The van der Waals surface area contributed by atoms with Crippen LogP contribution in [-0.2, 0) is 38.2 Å². The molecule has 1 saturated carbocycles. The number of nitrogens with two attached hydrogens (primary N) is 1. The first-order valence-corrected chi connectivity index (χ1v) is 26.2. The lowest BCUT2D eigenvalue weighted by atomic mass is 9.90. The molecule has 2 amide bonds. The summed E-state index contributed by atoms with van der Waals surface area (Å²) in [7, 11) is 0. The molecule has 1 atom stereocenters. The number of hydrogen-bond acceptors (Lipinski definition) is 15. The summed E-state index contributed by atoms with van der Waals surface area (Å²) in [6.07, 6.45) is -1.67. The van der Waals surface area contributed by atoms with E-state index in [1.165, 1.54) is 30.3 Å². The molecule has 6 aromatic rings. The van der Waals surface area contributed by atoms with Crippen LogP contribution in [0, 0.1) is 23.6 Å². The van der Waals surface area contributed by atoms with Crippen LogP contribution < -0.4 is 31.2 Å². The van der Waals surface area contributed by atoms with Crippen molar-refractivity contribution >= 4 is 57.1 Å². The number of aliphatic hydroxyl groups is 2. The molecule has 5 heterocycles. The first-order valence-electron chi connectivity index (χ1n) is 25.3. The Kier molecular flexibility index (Phi) is 16.2. The molecule has 9 rings (SSSR count). The van der Waals surface area contributed by atoms with Gasteiger partial charge in [-0.25, -0.2) is 19.0 Å². The second kappa shape index (κ2) is 22.8. The predicted molar refractivity (Wildman–Crippen MR) is 277 cm³/mol. The highest BCUT2D eigenvalue weighted by Gasteiger charge is 2.53. The lowest BCUT2D eigenvalue weighted by Gasteiger charge is -2.32. The monoisotopic (exact) mass is 1050 g/mol. The fourth-order valence-electron chi connectivity index (χ4n) is 9.48. The van der Waals surface area contributed by atoms with E-state index >= 15 is 4.39 Å². The highest BCUT2D eigenvalue weighted by atomic mass is 32.2. The average molecular weight is 1050 g/mol. The standard InChI is InChI=1S/C53H62F3N11O7S/c1-4-24-75-50-61-46(58-19-17-57)45-47(62-50)67(64-63-45)29-34-9-7-33(8-10-34)6-5-18-59-48(70)35-13-20-65(21-14-35)22-23-72-32-51(2,3)44-26-36-25-40(39(54)28-41(36)66(44)30-38(69)31-68)60-49(71)52(15-16-52)37-11-12-42-43(27-37)74-53(55,56)73-42/h7-12,25-28,35,38,68-69H,4,13-24,29-32,57H2,1-3H3,(H,59,70)(H,60,71)(H,58,61,62)/t38-/m1/s1. The van der Waals surface area contributed by atoms with E-state index in [-0.39, 0.29) is 48.7 Å². The summed E-state index contributed by atoms with van der Waals surface area (Å²) < 4.78 is 62.2. The number of thioether (sulfide) groups is 1. The van der Waals surface area contributed by atoms with Crippen LogP contribution in [0.3, 0.4) is 0 Å². The first kappa shape index (κ1) is 53.3. The van der Waals surface area contributed by atoms with Gasteiger partial charge in [0, 0.05) is 59.4 Å². The number of hydrogen-bond donors (Lipinski definition) is 6. The Labute approximate surface area is 436 Å². The number of benzene rings is 3. The molecule has 2 aliphatic heterocycles. The minimum Gasteiger partial charge on any atom is -0.395 e. The van der Waals surface area contributed by atoms with E-state index in [2.05, 4.69) is 64.4 Å². The van der Waals surface area contributed by atoms with Gasteiger partial charge in [-0.2, -0.15) is 0 Å². The number of carbonyl (C=O) groups excluding carboxylic acids is 2. The van der Waals surface area contributed by atoms with Gasteiger partial charge >= 0.3 is 6.29 Å². The molecule has 0 spiro atoms. The lowest BCUT2D eigenvalue weighted by Crippen LogP contribution is -2.42. The van der Waals surface area contributed by atoms with Crippen molar-refractivity contribution in [1.29, 1.82) is 0 Å². The number of halogens is 3. The number of aliphatic hydroxyl groups excluding tert-OH is 2. The molecule has 1 aliphatic carbocycles. The molecule has 398 valence electrons. The van der Waals surface area contributed by atoms with E-state index in [0.717, 1.165) is 42.1 Å². The molecule has 0 radical (unpaired) electrons. The van der Waals surface area contributed by atoms with Gasteiger partial charge < -0.3 is 55.6 Å². The summed E-state index contributed by atoms with van der Waals surface area (Å²) in [6, 6.07) is 16.8. The summed E-state index contributed by atoms with van der Waals surface area (Å²) in [5.41, 5.74) is 8.66. The van der Waals surface area contributed by atoms with Crippen LogP contribution in [0.1, 0.15) is 75.3 Å². The molecular weight excluding hydrogens is 992 g/mol. The second-order valence-corrected chi connectivity index (χ2v) is 20.9. The van der Waals surface area contributed by atoms with Gasteiger partial charge in [0.25, 0.3) is 0 Å². The van der Waals surface area contributed by atoms with E-state index in [1.807, 2.05) is 44.2 Å². The number of nitrogens with one attached hydrogen (secondary N) is 3. The molecule has 2 fully saturated rings. The average Bonchev–Trinajstić information content (AvgIpc) is 3.88. The highest BCUT2D eigenvalue weighted by molar-refractivity contribution is 7.99. The maximum absolute atomic E-state index is 15.9. The van der Waals surface area contributed by atoms with Crippen LogP contribution in [0.4, 0.5) is 24.7 Å². The molecular formula is C53H62F3N11O7S. The third kappa shape index (κ3) is 12.3. The number of piperidine rings is 1. The second-order valence-electron chi connectivity index (χ2n) is 19.8. The topological polar surface area (TPSA) is 229 Å². The molecule has 3 aromatic carbocycles. The fourth-order valence-corrected chi connectivity index (χ4v) is 10.2. The smallest absolute Gasteiger partial charge is 0.395 e. The summed E-state index contributed by atoms with van der Waals surface area (Å²) in [5, 5.41) is 39.3. The van der Waals surface area contributed by atoms with Gasteiger partial charge in [0.1, 0.15) is 5.82 Å². The number of aromatic nitrogens is 6. The van der Waals surface area contributed by atoms with Crippen LogP contribution in [0.15, 0.2) is 65.8 Å². The Hall–Kier alpha value is -6.48. The van der Waals surface area contributed by atoms with Crippen molar-refractivity contribution in [1.82, 2.24) is 39.7 Å². The molecule has 0 unspecified atom stereocenters. The molecule has 0 bridgehead atoms. The predicted octanol–water partition coefficient (Wildman–Crippen LogP) is 5.76. The maximum Gasteiger partial charge on any atom is 0.586 e. The normalized spacial score (nSPS) is 16.4. The summed E-state index contributed by atoms with van der Waals surface area (Å²) in [5.74, 6) is 6.10. The van der Waals surface area contributed by atoms with E-state index < -0.39 is 41.6 Å². The Morgan fingerprint density at radius 3 is 2.56 bits per heavy atom. The van der Waals surface area contributed by atoms with Gasteiger partial charge in [0.2, 0.25) is 11.8 Å². The van der Waals surface area contributed by atoms with Gasteiger partial charge in [-0.3, -0.25) is 9.59 Å². The van der Waals surface area contributed by atoms with Crippen LogP contribution in [0.2, 0.25) is 0 Å². The number of nitrogens with zero attached hydrogens (tertiary/aromatic N) is 7. The number of rotatable bonds is 22. The van der Waals surface area contributed by atoms with E-state index in [1.54, 1.807) is 21.0 Å². The van der Waals surface area contributed by atoms with Crippen LogP contribution in [0.5, 0.6) is 11.5 Å². The molecule has 3 aliphatic rings. The van der Waals surface area contributed by atoms with E-state index in [4.69, 9.17) is 15.5 Å². The summed E-state index contributed by atoms with van der Waals surface area (Å²) in [4.78, 5) is 38.5. The maximum atomic E-state index is 15.9. The highest BCUT2D eigenvalue weighted by Crippen LogP contribution is 2.52. The van der Waals surface area contributed by atoms with Crippen molar-refractivity contribution in [2.75, 3.05) is 75.5 Å². The Balaban J connectivity index is 0.734. The van der Waals surface area contributed by atoms with Gasteiger partial charge in [0.15, 0.2) is 33.6 Å². The van der Waals surface area contributed by atoms with E-state index in [9.17, 15) is 28.6 Å². The van der Waals surface area contributed by atoms with Crippen LogP contribution >= 0.6 is 11.8 Å². The molecule has 1 saturated heterocycles. The number of likely N-dealkylation sites (tertiary alicyclic amines) is 1. The fraction of sp³-hybridized carbons (Fsp3) is 0.472. The van der Waals surface area contributed by atoms with Crippen molar-refractivity contribution < 1.29 is 47.2 Å². The Bertz CT molecular complexity index is 3090. The Morgan fingerprint density at radius 1 is 1.05 bits per heavy atom.